The third-order valence-corrected chi connectivity index (χ3v) is 2.63. The minimum Gasteiger partial charge on any atom is -0.480 e. The van der Waals surface area contributed by atoms with Gasteiger partial charge in [-0.25, -0.2) is 4.79 Å². The minimum atomic E-state index is -0.951. The number of hydrogen-bond acceptors (Lipinski definition) is 4. The number of hydrogen-bond donors (Lipinski definition) is 1. The van der Waals surface area contributed by atoms with E-state index in [1.807, 2.05) is 0 Å². The molecular formula is C10H11N3O3. The van der Waals surface area contributed by atoms with Crippen LogP contribution in [0.2, 0.25) is 0 Å². The van der Waals surface area contributed by atoms with Gasteiger partial charge in [0.05, 0.1) is 18.0 Å². The summed E-state index contributed by atoms with van der Waals surface area (Å²) in [5, 5.41) is 16.1. The molecule has 1 aromatic heterocycles. The van der Waals surface area contributed by atoms with E-state index in [0.717, 1.165) is 6.42 Å². The van der Waals surface area contributed by atoms with Gasteiger partial charge in [0, 0.05) is 6.54 Å². The van der Waals surface area contributed by atoms with Crippen molar-refractivity contribution in [1.29, 1.82) is 0 Å². The number of aromatic nitrogens is 2. The molecule has 0 aromatic carbocycles. The maximum atomic E-state index is 12.0. The molecule has 1 aliphatic rings. The van der Waals surface area contributed by atoms with Crippen LogP contribution in [-0.4, -0.2) is 44.7 Å². The average Bonchev–Trinajstić information content (AvgIpc) is 2.78. The van der Waals surface area contributed by atoms with Crippen molar-refractivity contribution in [2.24, 2.45) is 0 Å². The first-order valence-electron chi connectivity index (χ1n) is 5.00. The molecule has 1 fully saturated rings. The lowest BCUT2D eigenvalue weighted by Crippen LogP contribution is -2.40. The first kappa shape index (κ1) is 10.5. The minimum absolute atomic E-state index is 0.292. The number of carbonyl (C=O) groups is 2. The number of rotatable bonds is 2. The fourth-order valence-corrected chi connectivity index (χ4v) is 1.85. The molecule has 0 saturated carbocycles. The van der Waals surface area contributed by atoms with E-state index in [1.165, 1.54) is 23.4 Å². The lowest BCUT2D eigenvalue weighted by atomic mass is 10.2. The first-order chi connectivity index (χ1) is 7.70. The lowest BCUT2D eigenvalue weighted by molar-refractivity contribution is -0.141. The third kappa shape index (κ3) is 1.86. The van der Waals surface area contributed by atoms with Gasteiger partial charge in [0.15, 0.2) is 0 Å². The van der Waals surface area contributed by atoms with Gasteiger partial charge in [-0.2, -0.15) is 10.2 Å². The Morgan fingerprint density at radius 1 is 1.44 bits per heavy atom. The molecule has 0 aliphatic carbocycles. The molecule has 1 amide bonds. The smallest absolute Gasteiger partial charge is 0.326 e. The molecule has 6 heteroatoms. The monoisotopic (exact) mass is 221 g/mol. The molecule has 0 unspecified atom stereocenters. The summed E-state index contributed by atoms with van der Waals surface area (Å²) >= 11 is 0. The van der Waals surface area contributed by atoms with Crippen molar-refractivity contribution >= 4 is 11.9 Å². The number of likely N-dealkylation sites (tertiary alicyclic amines) is 1. The topological polar surface area (TPSA) is 83.4 Å². The Kier molecular flexibility index (Phi) is 2.80. The van der Waals surface area contributed by atoms with Gasteiger partial charge < -0.3 is 10.0 Å². The van der Waals surface area contributed by atoms with E-state index in [2.05, 4.69) is 10.2 Å². The maximum absolute atomic E-state index is 12.0. The average molecular weight is 221 g/mol. The SMILES string of the molecule is O=C(O)[C@H]1CCCN1C(=O)c1ccnnc1. The summed E-state index contributed by atoms with van der Waals surface area (Å²) < 4.78 is 0. The molecular weight excluding hydrogens is 210 g/mol. The van der Waals surface area contributed by atoms with Gasteiger partial charge in [-0.1, -0.05) is 0 Å². The largest absolute Gasteiger partial charge is 0.480 e. The Morgan fingerprint density at radius 3 is 2.88 bits per heavy atom. The zero-order valence-electron chi connectivity index (χ0n) is 8.54. The van der Waals surface area contributed by atoms with Gasteiger partial charge in [-0.15, -0.1) is 0 Å². The van der Waals surface area contributed by atoms with Crippen molar-refractivity contribution in [1.82, 2.24) is 15.1 Å². The van der Waals surface area contributed by atoms with Gasteiger partial charge in [-0.05, 0) is 18.9 Å². The predicted molar refractivity (Wildman–Crippen MR) is 53.7 cm³/mol. The maximum Gasteiger partial charge on any atom is 0.326 e. The standard InChI is InChI=1S/C10H11N3O3/c14-9(7-3-4-11-12-6-7)13-5-1-2-8(13)10(15)16/h3-4,6,8H,1-2,5H2,(H,15,16)/t8-/m1/s1. The number of carboxylic acids is 1. The molecule has 0 bridgehead atoms. The highest BCUT2D eigenvalue weighted by molar-refractivity contribution is 5.96. The second-order valence-corrected chi connectivity index (χ2v) is 3.63. The van der Waals surface area contributed by atoms with E-state index in [1.54, 1.807) is 0 Å². The second kappa shape index (κ2) is 4.26. The molecule has 16 heavy (non-hydrogen) atoms. The molecule has 2 rings (SSSR count). The van der Waals surface area contributed by atoms with Crippen LogP contribution in [0.15, 0.2) is 18.5 Å². The van der Waals surface area contributed by atoms with Crippen LogP contribution in [-0.2, 0) is 4.79 Å². The zero-order valence-corrected chi connectivity index (χ0v) is 8.54. The van der Waals surface area contributed by atoms with Crippen LogP contribution < -0.4 is 0 Å². The van der Waals surface area contributed by atoms with Crippen molar-refractivity contribution in [2.75, 3.05) is 6.54 Å². The number of carbonyl (C=O) groups excluding carboxylic acids is 1. The highest BCUT2D eigenvalue weighted by Gasteiger charge is 2.34. The fraction of sp³-hybridized carbons (Fsp3) is 0.400. The summed E-state index contributed by atoms with van der Waals surface area (Å²) in [7, 11) is 0. The summed E-state index contributed by atoms with van der Waals surface area (Å²) in [5.41, 5.74) is 0.378. The van der Waals surface area contributed by atoms with Gasteiger partial charge in [0.2, 0.25) is 0 Å². The van der Waals surface area contributed by atoms with E-state index in [9.17, 15) is 9.59 Å². The quantitative estimate of drug-likeness (QED) is 0.769. The molecule has 2 heterocycles. The van der Waals surface area contributed by atoms with Crippen molar-refractivity contribution in [3.63, 3.8) is 0 Å². The second-order valence-electron chi connectivity index (χ2n) is 3.63. The van der Waals surface area contributed by atoms with Gasteiger partial charge in [-0.3, -0.25) is 4.79 Å². The Hall–Kier alpha value is -1.98. The number of carboxylic acid groups (broad SMARTS) is 1. The molecule has 1 aliphatic heterocycles. The predicted octanol–water partition coefficient (Wildman–Crippen LogP) is 0.166. The van der Waals surface area contributed by atoms with Crippen molar-refractivity contribution < 1.29 is 14.7 Å². The first-order valence-corrected chi connectivity index (χ1v) is 5.00. The number of aliphatic carboxylic acids is 1. The van der Waals surface area contributed by atoms with Crippen LogP contribution in [0.1, 0.15) is 23.2 Å². The van der Waals surface area contributed by atoms with Crippen molar-refractivity contribution in [2.45, 2.75) is 18.9 Å². The van der Waals surface area contributed by atoms with Crippen LogP contribution >= 0.6 is 0 Å². The van der Waals surface area contributed by atoms with Crippen molar-refractivity contribution in [3.05, 3.63) is 24.0 Å². The third-order valence-electron chi connectivity index (χ3n) is 2.63. The molecule has 84 valence electrons. The summed E-state index contributed by atoms with van der Waals surface area (Å²) in [5.74, 6) is -1.24. The molecule has 1 N–H and O–H groups in total. The van der Waals surface area contributed by atoms with Crippen LogP contribution in [0.3, 0.4) is 0 Å². The van der Waals surface area contributed by atoms with Gasteiger partial charge in [0.25, 0.3) is 5.91 Å². The lowest BCUT2D eigenvalue weighted by Gasteiger charge is -2.20. The fourth-order valence-electron chi connectivity index (χ4n) is 1.85. The molecule has 1 atom stereocenters. The number of nitrogens with zero attached hydrogens (tertiary/aromatic N) is 3. The van der Waals surface area contributed by atoms with Crippen LogP contribution in [0.5, 0.6) is 0 Å². The van der Waals surface area contributed by atoms with Gasteiger partial charge in [0.1, 0.15) is 6.04 Å². The highest BCUT2D eigenvalue weighted by Crippen LogP contribution is 2.19. The molecule has 1 aromatic rings. The molecule has 0 spiro atoms. The number of amides is 1. The van der Waals surface area contributed by atoms with Crippen LogP contribution in [0.25, 0.3) is 0 Å². The molecule has 1 saturated heterocycles. The van der Waals surface area contributed by atoms with E-state index in [0.29, 0.717) is 18.5 Å². The van der Waals surface area contributed by atoms with E-state index < -0.39 is 12.0 Å². The summed E-state index contributed by atoms with van der Waals surface area (Å²) in [4.78, 5) is 24.3. The molecule has 0 radical (unpaired) electrons. The Labute approximate surface area is 91.9 Å². The van der Waals surface area contributed by atoms with Crippen molar-refractivity contribution in [3.8, 4) is 0 Å². The normalized spacial score (nSPS) is 19.8. The van der Waals surface area contributed by atoms with E-state index in [4.69, 9.17) is 5.11 Å². The highest BCUT2D eigenvalue weighted by atomic mass is 16.4. The Bertz CT molecular complexity index is 407. The summed E-state index contributed by atoms with van der Waals surface area (Å²) in [6.45, 7) is 0.484. The Balaban J connectivity index is 2.19. The van der Waals surface area contributed by atoms with E-state index >= 15 is 0 Å². The summed E-state index contributed by atoms with van der Waals surface area (Å²) in [6, 6.07) is 0.827. The summed E-state index contributed by atoms with van der Waals surface area (Å²) in [6.07, 6.45) is 4.00. The van der Waals surface area contributed by atoms with E-state index in [-0.39, 0.29) is 5.91 Å². The zero-order chi connectivity index (χ0) is 11.5. The van der Waals surface area contributed by atoms with Gasteiger partial charge >= 0.3 is 5.97 Å². The molecule has 6 nitrogen and oxygen atoms in total. The van der Waals surface area contributed by atoms with Crippen LogP contribution in [0, 0.1) is 0 Å². The Morgan fingerprint density at radius 2 is 2.25 bits per heavy atom. The van der Waals surface area contributed by atoms with Crippen LogP contribution in [0.4, 0.5) is 0 Å².